The van der Waals surface area contributed by atoms with Crippen LogP contribution in [0.5, 0.6) is 0 Å². The van der Waals surface area contributed by atoms with Crippen LogP contribution >= 0.6 is 12.6 Å². The van der Waals surface area contributed by atoms with Gasteiger partial charge >= 0.3 is 5.97 Å². The molecule has 0 amide bonds. The summed E-state index contributed by atoms with van der Waals surface area (Å²) in [5, 5.41) is 0. The zero-order valence-corrected chi connectivity index (χ0v) is 12.3. The maximum absolute atomic E-state index is 11.5. The highest BCUT2D eigenvalue weighted by Crippen LogP contribution is 2.13. The van der Waals surface area contributed by atoms with Crippen molar-refractivity contribution in [3.63, 3.8) is 0 Å². The number of carbonyl (C=O) groups excluding carboxylic acids is 1. The molecule has 1 atom stereocenters. The molecule has 0 saturated carbocycles. The number of rotatable bonds is 11. The molecule has 17 heavy (non-hydrogen) atoms. The second-order valence-corrected chi connectivity index (χ2v) is 5.08. The summed E-state index contributed by atoms with van der Waals surface area (Å²) in [6, 6.07) is 0. The lowest BCUT2D eigenvalue weighted by molar-refractivity contribution is -0.145. The molecule has 0 bridgehead atoms. The van der Waals surface area contributed by atoms with E-state index in [9.17, 15) is 4.79 Å². The topological polar surface area (TPSA) is 26.3 Å². The first-order valence-corrected chi connectivity index (χ1v) is 7.64. The molecule has 0 aliphatic heterocycles. The van der Waals surface area contributed by atoms with Crippen LogP contribution in [0, 0.1) is 5.92 Å². The van der Waals surface area contributed by atoms with E-state index in [1.54, 1.807) is 0 Å². The van der Waals surface area contributed by atoms with Crippen LogP contribution in [0.1, 0.15) is 65.2 Å². The van der Waals surface area contributed by atoms with Gasteiger partial charge in [-0.1, -0.05) is 39.5 Å². The average Bonchev–Trinajstić information content (AvgIpc) is 2.35. The van der Waals surface area contributed by atoms with Gasteiger partial charge in [-0.3, -0.25) is 4.79 Å². The molecule has 0 fully saturated rings. The van der Waals surface area contributed by atoms with E-state index >= 15 is 0 Å². The van der Waals surface area contributed by atoms with Crippen molar-refractivity contribution in [2.45, 2.75) is 65.2 Å². The molecule has 2 nitrogen and oxygen atoms in total. The van der Waals surface area contributed by atoms with Gasteiger partial charge in [-0.2, -0.15) is 12.6 Å². The highest BCUT2D eigenvalue weighted by Gasteiger charge is 2.09. The minimum Gasteiger partial charge on any atom is -0.465 e. The predicted molar refractivity (Wildman–Crippen MR) is 76.6 cm³/mol. The van der Waals surface area contributed by atoms with Gasteiger partial charge in [0.2, 0.25) is 0 Å². The van der Waals surface area contributed by atoms with E-state index in [1.165, 1.54) is 19.3 Å². The molecule has 0 saturated heterocycles. The molecule has 1 unspecified atom stereocenters. The van der Waals surface area contributed by atoms with Crippen molar-refractivity contribution < 1.29 is 9.53 Å². The van der Waals surface area contributed by atoms with E-state index in [0.29, 0.717) is 18.9 Å². The Morgan fingerprint density at radius 2 is 1.94 bits per heavy atom. The molecule has 0 rings (SSSR count). The van der Waals surface area contributed by atoms with Crippen molar-refractivity contribution in [2.75, 3.05) is 12.4 Å². The molecule has 0 N–H and O–H groups in total. The Morgan fingerprint density at radius 1 is 1.18 bits per heavy atom. The van der Waals surface area contributed by atoms with Crippen molar-refractivity contribution in [3.8, 4) is 0 Å². The minimum absolute atomic E-state index is 0.0286. The van der Waals surface area contributed by atoms with Crippen LogP contribution in [0.25, 0.3) is 0 Å². The number of ether oxygens (including phenoxy) is 1. The smallest absolute Gasteiger partial charge is 0.305 e. The SMILES string of the molecule is CCCCC(CC)COC(=O)CCCCCS. The van der Waals surface area contributed by atoms with Crippen LogP contribution in [-0.2, 0) is 9.53 Å². The first-order chi connectivity index (χ1) is 8.24. The minimum atomic E-state index is -0.0286. The third-order valence-electron chi connectivity index (χ3n) is 3.06. The first kappa shape index (κ1) is 16.8. The van der Waals surface area contributed by atoms with Gasteiger partial charge in [0, 0.05) is 6.42 Å². The number of esters is 1. The number of carbonyl (C=O) groups is 1. The Hall–Kier alpha value is -0.180. The van der Waals surface area contributed by atoms with E-state index in [2.05, 4.69) is 26.5 Å². The summed E-state index contributed by atoms with van der Waals surface area (Å²) in [5.74, 6) is 1.43. The van der Waals surface area contributed by atoms with Crippen LogP contribution in [0.15, 0.2) is 0 Å². The number of unbranched alkanes of at least 4 members (excludes halogenated alkanes) is 3. The van der Waals surface area contributed by atoms with E-state index in [4.69, 9.17) is 4.74 Å². The third kappa shape index (κ3) is 10.7. The molecule has 0 radical (unpaired) electrons. The van der Waals surface area contributed by atoms with Crippen molar-refractivity contribution in [3.05, 3.63) is 0 Å². The first-order valence-electron chi connectivity index (χ1n) is 7.01. The molecule has 0 aliphatic carbocycles. The molecule has 0 spiro atoms. The molecule has 0 aromatic rings. The molecule has 0 aromatic heterocycles. The second-order valence-electron chi connectivity index (χ2n) is 4.63. The Labute approximate surface area is 112 Å². The highest BCUT2D eigenvalue weighted by molar-refractivity contribution is 7.80. The number of hydrogen-bond donors (Lipinski definition) is 1. The summed E-state index contributed by atoms with van der Waals surface area (Å²) in [6.07, 6.45) is 8.40. The normalized spacial score (nSPS) is 12.4. The zero-order valence-electron chi connectivity index (χ0n) is 11.4. The quantitative estimate of drug-likeness (QED) is 0.342. The van der Waals surface area contributed by atoms with Crippen LogP contribution in [0.3, 0.4) is 0 Å². The van der Waals surface area contributed by atoms with Gasteiger partial charge in [0.05, 0.1) is 6.61 Å². The summed E-state index contributed by atoms with van der Waals surface area (Å²) >= 11 is 4.14. The highest BCUT2D eigenvalue weighted by atomic mass is 32.1. The Morgan fingerprint density at radius 3 is 2.53 bits per heavy atom. The Balaban J connectivity index is 3.52. The molecule has 0 aliphatic rings. The monoisotopic (exact) mass is 260 g/mol. The van der Waals surface area contributed by atoms with Gasteiger partial charge in [0.25, 0.3) is 0 Å². The summed E-state index contributed by atoms with van der Waals surface area (Å²) in [4.78, 5) is 11.5. The van der Waals surface area contributed by atoms with E-state index in [0.717, 1.165) is 31.4 Å². The van der Waals surface area contributed by atoms with Gasteiger partial charge in [0.1, 0.15) is 0 Å². The van der Waals surface area contributed by atoms with Crippen molar-refractivity contribution in [1.29, 1.82) is 0 Å². The van der Waals surface area contributed by atoms with Crippen molar-refractivity contribution in [1.82, 2.24) is 0 Å². The largest absolute Gasteiger partial charge is 0.465 e. The van der Waals surface area contributed by atoms with Gasteiger partial charge < -0.3 is 4.74 Å². The lowest BCUT2D eigenvalue weighted by atomic mass is 10.0. The van der Waals surface area contributed by atoms with Gasteiger partial charge in [0.15, 0.2) is 0 Å². The molecular weight excluding hydrogens is 232 g/mol. The van der Waals surface area contributed by atoms with Crippen LogP contribution in [0.2, 0.25) is 0 Å². The molecule has 3 heteroatoms. The zero-order chi connectivity index (χ0) is 12.9. The summed E-state index contributed by atoms with van der Waals surface area (Å²) in [7, 11) is 0. The Bertz CT molecular complexity index is 183. The van der Waals surface area contributed by atoms with Gasteiger partial charge in [-0.05, 0) is 30.9 Å². The third-order valence-corrected chi connectivity index (χ3v) is 3.38. The van der Waals surface area contributed by atoms with Crippen molar-refractivity contribution in [2.24, 2.45) is 5.92 Å². The van der Waals surface area contributed by atoms with E-state index < -0.39 is 0 Å². The average molecular weight is 260 g/mol. The maximum atomic E-state index is 11.5. The number of hydrogen-bond acceptors (Lipinski definition) is 3. The van der Waals surface area contributed by atoms with Crippen LogP contribution in [-0.4, -0.2) is 18.3 Å². The van der Waals surface area contributed by atoms with Gasteiger partial charge in [-0.15, -0.1) is 0 Å². The molecule has 0 aromatic carbocycles. The lowest BCUT2D eigenvalue weighted by Crippen LogP contribution is -2.13. The van der Waals surface area contributed by atoms with E-state index in [-0.39, 0.29) is 5.97 Å². The van der Waals surface area contributed by atoms with E-state index in [1.807, 2.05) is 0 Å². The fourth-order valence-corrected chi connectivity index (χ4v) is 1.96. The summed E-state index contributed by atoms with van der Waals surface area (Å²) in [5.41, 5.74) is 0. The maximum Gasteiger partial charge on any atom is 0.305 e. The second kappa shape index (κ2) is 12.3. The summed E-state index contributed by atoms with van der Waals surface area (Å²) < 4.78 is 5.31. The van der Waals surface area contributed by atoms with Crippen LogP contribution in [0.4, 0.5) is 0 Å². The fraction of sp³-hybridized carbons (Fsp3) is 0.929. The standard InChI is InChI=1S/C14H28O2S/c1-3-5-9-13(4-2)12-16-14(15)10-7-6-8-11-17/h13,17H,3-12H2,1-2H3. The molecule has 0 heterocycles. The molecular formula is C14H28O2S. The van der Waals surface area contributed by atoms with Crippen molar-refractivity contribution >= 4 is 18.6 Å². The van der Waals surface area contributed by atoms with Gasteiger partial charge in [-0.25, -0.2) is 0 Å². The fourth-order valence-electron chi connectivity index (χ4n) is 1.74. The Kier molecular flexibility index (Phi) is 12.2. The number of thiol groups is 1. The lowest BCUT2D eigenvalue weighted by Gasteiger charge is -2.14. The van der Waals surface area contributed by atoms with Crippen LogP contribution < -0.4 is 0 Å². The summed E-state index contributed by atoms with van der Waals surface area (Å²) in [6.45, 7) is 4.98. The molecule has 102 valence electrons. The predicted octanol–water partition coefficient (Wildman–Crippen LogP) is 4.24.